The van der Waals surface area contributed by atoms with Crippen molar-refractivity contribution in [3.8, 4) is 22.3 Å². The molecule has 8 rings (SSSR count). The van der Waals surface area contributed by atoms with E-state index < -0.39 is 0 Å². The SMILES string of the molecule is Cc1cc2c(cc1C)-c1c3ccccc3c3c4cccc5cccc(c6ccc-2c1c63)c54. The highest BCUT2D eigenvalue weighted by Gasteiger charge is 2.28. The molecule has 0 fully saturated rings. The van der Waals surface area contributed by atoms with Gasteiger partial charge in [-0.1, -0.05) is 84.9 Å². The Bertz CT molecular complexity index is 1930. The molecule has 0 spiro atoms. The summed E-state index contributed by atoms with van der Waals surface area (Å²) in [6, 6.07) is 32.1. The van der Waals surface area contributed by atoms with Crippen LogP contribution in [0, 0.1) is 13.8 Å². The standard InChI is InChI=1S/C32H20/c1-17-15-26-24-14-13-23-20-11-5-7-19-8-6-12-25(28(19)20)29-21-9-3-4-10-22(21)30(32(24)31(23)29)27(26)16-18(17)2/h3-16H,1-2H3. The number of benzene rings is 7. The van der Waals surface area contributed by atoms with Crippen molar-refractivity contribution in [2.24, 2.45) is 0 Å². The molecule has 0 saturated carbocycles. The average molecular weight is 405 g/mol. The van der Waals surface area contributed by atoms with Gasteiger partial charge in [0.05, 0.1) is 0 Å². The first kappa shape index (κ1) is 16.8. The Morgan fingerprint density at radius 1 is 0.406 bits per heavy atom. The average Bonchev–Trinajstić information content (AvgIpc) is 3.14. The fraction of sp³-hybridized carbons (Fsp3) is 0.0625. The van der Waals surface area contributed by atoms with E-state index in [1.165, 1.54) is 87.2 Å². The Labute approximate surface area is 186 Å². The molecule has 32 heavy (non-hydrogen) atoms. The maximum Gasteiger partial charge on any atom is -0.000740 e. The van der Waals surface area contributed by atoms with Crippen LogP contribution in [0.3, 0.4) is 0 Å². The van der Waals surface area contributed by atoms with E-state index in [4.69, 9.17) is 0 Å². The second-order valence-corrected chi connectivity index (χ2v) is 9.40. The summed E-state index contributed by atoms with van der Waals surface area (Å²) in [6.45, 7) is 4.46. The predicted molar refractivity (Wildman–Crippen MR) is 139 cm³/mol. The molecule has 0 unspecified atom stereocenters. The maximum absolute atomic E-state index is 2.41. The monoisotopic (exact) mass is 404 g/mol. The van der Waals surface area contributed by atoms with E-state index in [1.54, 1.807) is 0 Å². The second kappa shape index (κ2) is 5.47. The Hall–Kier alpha value is -3.90. The molecule has 0 aliphatic heterocycles. The van der Waals surface area contributed by atoms with Gasteiger partial charge in [-0.25, -0.2) is 0 Å². The zero-order chi connectivity index (χ0) is 21.1. The Balaban J connectivity index is 1.79. The van der Waals surface area contributed by atoms with E-state index in [2.05, 4.69) is 98.8 Å². The first-order valence-electron chi connectivity index (χ1n) is 11.4. The summed E-state index contributed by atoms with van der Waals surface area (Å²) < 4.78 is 0. The van der Waals surface area contributed by atoms with Crippen LogP contribution in [-0.4, -0.2) is 0 Å². The smallest absolute Gasteiger partial charge is 0.000740 e. The third-order valence-electron chi connectivity index (χ3n) is 7.83. The van der Waals surface area contributed by atoms with Crippen LogP contribution >= 0.6 is 0 Å². The van der Waals surface area contributed by atoms with Crippen LogP contribution in [0.15, 0.2) is 84.9 Å². The molecule has 0 heterocycles. The minimum atomic E-state index is 1.32. The molecule has 0 bridgehead atoms. The van der Waals surface area contributed by atoms with Crippen LogP contribution in [0.25, 0.3) is 76.1 Å². The van der Waals surface area contributed by atoms with Gasteiger partial charge < -0.3 is 0 Å². The summed E-state index contributed by atoms with van der Waals surface area (Å²) in [5.41, 5.74) is 8.30. The fourth-order valence-electron chi connectivity index (χ4n) is 6.34. The summed E-state index contributed by atoms with van der Waals surface area (Å²) in [5.74, 6) is 0. The van der Waals surface area contributed by atoms with Crippen LogP contribution in [0.2, 0.25) is 0 Å². The molecule has 148 valence electrons. The lowest BCUT2D eigenvalue weighted by molar-refractivity contribution is 1.35. The van der Waals surface area contributed by atoms with Gasteiger partial charge in [0.15, 0.2) is 0 Å². The van der Waals surface area contributed by atoms with E-state index in [1.807, 2.05) is 0 Å². The van der Waals surface area contributed by atoms with Crippen molar-refractivity contribution >= 4 is 53.9 Å². The molecule has 1 aliphatic carbocycles. The van der Waals surface area contributed by atoms with Crippen LogP contribution < -0.4 is 0 Å². The molecule has 0 radical (unpaired) electrons. The molecule has 1 aliphatic rings. The molecule has 0 atom stereocenters. The molecular formula is C32H20. The molecular weight excluding hydrogens is 384 g/mol. The van der Waals surface area contributed by atoms with Gasteiger partial charge >= 0.3 is 0 Å². The molecule has 7 aromatic carbocycles. The lowest BCUT2D eigenvalue weighted by Crippen LogP contribution is -1.90. The summed E-state index contributed by atoms with van der Waals surface area (Å²) in [5, 5.41) is 13.8. The molecule has 0 amide bonds. The zero-order valence-electron chi connectivity index (χ0n) is 18.1. The molecule has 0 nitrogen and oxygen atoms in total. The van der Waals surface area contributed by atoms with Crippen molar-refractivity contribution in [2.75, 3.05) is 0 Å². The minimum Gasteiger partial charge on any atom is -0.0616 e. The quantitative estimate of drug-likeness (QED) is 0.175. The van der Waals surface area contributed by atoms with E-state index in [9.17, 15) is 0 Å². The van der Waals surface area contributed by atoms with Crippen molar-refractivity contribution < 1.29 is 0 Å². The van der Waals surface area contributed by atoms with Crippen molar-refractivity contribution in [1.29, 1.82) is 0 Å². The van der Waals surface area contributed by atoms with Gasteiger partial charge in [0.1, 0.15) is 0 Å². The van der Waals surface area contributed by atoms with Crippen LogP contribution in [0.4, 0.5) is 0 Å². The Morgan fingerprint density at radius 2 is 1.03 bits per heavy atom. The van der Waals surface area contributed by atoms with Crippen LogP contribution in [0.5, 0.6) is 0 Å². The minimum absolute atomic E-state index is 1.32. The highest BCUT2D eigenvalue weighted by Crippen LogP contribution is 2.55. The van der Waals surface area contributed by atoms with E-state index >= 15 is 0 Å². The van der Waals surface area contributed by atoms with Crippen LogP contribution in [0.1, 0.15) is 11.1 Å². The van der Waals surface area contributed by atoms with Gasteiger partial charge in [-0.2, -0.15) is 0 Å². The number of rotatable bonds is 0. The highest BCUT2D eigenvalue weighted by molar-refractivity contribution is 6.43. The summed E-state index contributed by atoms with van der Waals surface area (Å²) in [4.78, 5) is 0. The van der Waals surface area contributed by atoms with Gasteiger partial charge in [0, 0.05) is 0 Å². The Morgan fingerprint density at radius 3 is 1.84 bits per heavy atom. The summed E-state index contributed by atoms with van der Waals surface area (Å²) >= 11 is 0. The van der Waals surface area contributed by atoms with Crippen molar-refractivity contribution in [3.05, 3.63) is 96.1 Å². The number of fused-ring (bicyclic) bond motifs is 8. The van der Waals surface area contributed by atoms with Crippen molar-refractivity contribution in [2.45, 2.75) is 13.8 Å². The topological polar surface area (TPSA) is 0 Å². The van der Waals surface area contributed by atoms with Gasteiger partial charge in [-0.15, -0.1) is 0 Å². The lowest BCUT2D eigenvalue weighted by atomic mass is 9.84. The zero-order valence-corrected chi connectivity index (χ0v) is 18.1. The van der Waals surface area contributed by atoms with Gasteiger partial charge in [0.25, 0.3) is 0 Å². The molecule has 0 aromatic heterocycles. The number of aryl methyl sites for hydroxylation is 2. The van der Waals surface area contributed by atoms with E-state index in [-0.39, 0.29) is 0 Å². The molecule has 0 heteroatoms. The first-order chi connectivity index (χ1) is 15.7. The highest BCUT2D eigenvalue weighted by atomic mass is 14.3. The van der Waals surface area contributed by atoms with Gasteiger partial charge in [-0.3, -0.25) is 0 Å². The molecule has 0 N–H and O–H groups in total. The number of hydrogen-bond acceptors (Lipinski definition) is 0. The maximum atomic E-state index is 2.41. The van der Waals surface area contributed by atoms with E-state index in [0.717, 1.165) is 0 Å². The molecule has 0 saturated heterocycles. The van der Waals surface area contributed by atoms with Crippen LogP contribution in [-0.2, 0) is 0 Å². The molecule has 7 aromatic rings. The summed E-state index contributed by atoms with van der Waals surface area (Å²) in [7, 11) is 0. The first-order valence-corrected chi connectivity index (χ1v) is 11.4. The second-order valence-electron chi connectivity index (χ2n) is 9.40. The normalized spacial score (nSPS) is 12.7. The third kappa shape index (κ3) is 1.78. The lowest BCUT2D eigenvalue weighted by Gasteiger charge is -2.18. The Kier molecular flexibility index (Phi) is 2.86. The van der Waals surface area contributed by atoms with E-state index in [0.29, 0.717) is 0 Å². The van der Waals surface area contributed by atoms with Gasteiger partial charge in [0.2, 0.25) is 0 Å². The summed E-state index contributed by atoms with van der Waals surface area (Å²) in [6.07, 6.45) is 0. The van der Waals surface area contributed by atoms with Crippen molar-refractivity contribution in [1.82, 2.24) is 0 Å². The van der Waals surface area contributed by atoms with Crippen molar-refractivity contribution in [3.63, 3.8) is 0 Å². The largest absolute Gasteiger partial charge is 0.0616 e. The number of hydrogen-bond donors (Lipinski definition) is 0. The predicted octanol–water partition coefficient (Wildman–Crippen LogP) is 9.15. The van der Waals surface area contributed by atoms with Gasteiger partial charge in [-0.05, 0) is 101 Å². The fourth-order valence-corrected chi connectivity index (χ4v) is 6.34. The third-order valence-corrected chi connectivity index (χ3v) is 7.83.